The van der Waals surface area contributed by atoms with E-state index in [9.17, 15) is 0 Å². The molecule has 0 saturated carbocycles. The average molecular weight is 1100 g/mol. The number of benzene rings is 13. The van der Waals surface area contributed by atoms with Gasteiger partial charge in [-0.3, -0.25) is 0 Å². The minimum Gasteiger partial charge on any atom is -0.311 e. The van der Waals surface area contributed by atoms with E-state index in [1.165, 1.54) is 11.1 Å². The second-order valence-corrected chi connectivity index (χ2v) is 21.1. The molecule has 13 aromatic rings. The summed E-state index contributed by atoms with van der Waals surface area (Å²) in [5.41, 5.74) is 22.2. The molecule has 0 spiro atoms. The molecule has 410 valence electrons. The van der Waals surface area contributed by atoms with Crippen LogP contribution in [-0.2, 0) is 0 Å². The Hall–Kier alpha value is -11.5. The van der Waals surface area contributed by atoms with Gasteiger partial charge in [-0.15, -0.1) is 0 Å². The van der Waals surface area contributed by atoms with Crippen LogP contribution in [0.25, 0.3) is 46.6 Å². The molecule has 0 heterocycles. The highest BCUT2D eigenvalue weighted by Gasteiger charge is 2.19. The summed E-state index contributed by atoms with van der Waals surface area (Å²) < 4.78 is 0. The Morgan fingerprint density at radius 1 is 0.128 bits per heavy atom. The van der Waals surface area contributed by atoms with Crippen molar-refractivity contribution in [3.63, 3.8) is 0 Å². The number of anilines is 12. The number of para-hydroxylation sites is 4. The van der Waals surface area contributed by atoms with Crippen molar-refractivity contribution >= 4 is 92.6 Å². The van der Waals surface area contributed by atoms with Gasteiger partial charge >= 0.3 is 0 Å². The molecule has 0 unspecified atom stereocenters. The third-order valence-electron chi connectivity index (χ3n) is 15.4. The smallest absolute Gasteiger partial charge is 0.0463 e. The van der Waals surface area contributed by atoms with Gasteiger partial charge in [-0.2, -0.15) is 0 Å². The first kappa shape index (κ1) is 53.8. The molecule has 4 nitrogen and oxygen atoms in total. The van der Waals surface area contributed by atoms with Crippen molar-refractivity contribution in [2.24, 2.45) is 0 Å². The fourth-order valence-electron chi connectivity index (χ4n) is 11.0. The molecule has 0 N–H and O–H groups in total. The Balaban J connectivity index is 0.734. The lowest BCUT2D eigenvalue weighted by Crippen LogP contribution is -2.12. The number of rotatable bonds is 18. The van der Waals surface area contributed by atoms with Crippen molar-refractivity contribution in [1.29, 1.82) is 0 Å². The predicted octanol–water partition coefficient (Wildman–Crippen LogP) is 23.2. The minimum absolute atomic E-state index is 1.06. The monoisotopic (exact) mass is 1100 g/mol. The second-order valence-electron chi connectivity index (χ2n) is 21.1. The van der Waals surface area contributed by atoms with E-state index < -0.39 is 0 Å². The number of hydrogen-bond donors (Lipinski definition) is 0. The molecule has 0 radical (unpaired) electrons. The van der Waals surface area contributed by atoms with Gasteiger partial charge in [0.25, 0.3) is 0 Å². The highest BCUT2D eigenvalue weighted by molar-refractivity contribution is 5.85. The summed E-state index contributed by atoms with van der Waals surface area (Å²) in [7, 11) is 0. The van der Waals surface area contributed by atoms with Gasteiger partial charge in [0.05, 0.1) is 0 Å². The third kappa shape index (κ3) is 12.5. The van der Waals surface area contributed by atoms with Crippen LogP contribution in [0.2, 0.25) is 0 Å². The zero-order valence-corrected chi connectivity index (χ0v) is 47.6. The first-order chi connectivity index (χ1) is 42.6. The lowest BCUT2D eigenvalue weighted by molar-refractivity contribution is 1.26. The van der Waals surface area contributed by atoms with Crippen molar-refractivity contribution in [2.45, 2.75) is 0 Å². The van der Waals surface area contributed by atoms with Crippen molar-refractivity contribution in [3.05, 3.63) is 374 Å². The van der Waals surface area contributed by atoms with Crippen molar-refractivity contribution in [3.8, 4) is 22.3 Å². The zero-order chi connectivity index (χ0) is 57.7. The Bertz CT molecular complexity index is 4010. The standard InChI is InChI=1S/C82H62N4/c1-7-19-63(20-8-1)31-33-65-35-47-75(48-36-65)83(71-23-11-3-12-24-71)77-51-39-67(40-52-77)69-43-55-79(56-44-69)85(73-27-15-5-16-28-73)81-59-61-82(62-60-81)86(74-29-17-6-18-30-74)80-57-45-70(46-58-80)68-41-53-78(54-42-68)84(72-25-13-4-14-26-72)76-49-37-66(38-50-76)34-32-64-21-9-2-10-22-64/h1-62H/b33-31-,34-32-. The molecular weight excluding hydrogens is 1040 g/mol. The number of nitrogens with zero attached hydrogens (tertiary/aromatic N) is 4. The third-order valence-corrected chi connectivity index (χ3v) is 15.4. The van der Waals surface area contributed by atoms with E-state index >= 15 is 0 Å². The van der Waals surface area contributed by atoms with E-state index in [1.807, 2.05) is 12.1 Å². The summed E-state index contributed by atoms with van der Waals surface area (Å²) >= 11 is 0. The van der Waals surface area contributed by atoms with Gasteiger partial charge < -0.3 is 19.6 Å². The van der Waals surface area contributed by atoms with Gasteiger partial charge in [-0.05, 0) is 190 Å². The van der Waals surface area contributed by atoms with Crippen molar-refractivity contribution < 1.29 is 0 Å². The molecule has 0 aromatic heterocycles. The first-order valence-electron chi connectivity index (χ1n) is 29.2. The van der Waals surface area contributed by atoms with E-state index in [0.29, 0.717) is 0 Å². The molecule has 0 amide bonds. The Morgan fingerprint density at radius 2 is 0.267 bits per heavy atom. The van der Waals surface area contributed by atoms with Gasteiger partial charge in [-0.25, -0.2) is 0 Å². The first-order valence-corrected chi connectivity index (χ1v) is 29.2. The van der Waals surface area contributed by atoms with Gasteiger partial charge in [0.15, 0.2) is 0 Å². The molecule has 0 bridgehead atoms. The molecule has 0 fully saturated rings. The van der Waals surface area contributed by atoms with Crippen LogP contribution in [0.1, 0.15) is 22.3 Å². The van der Waals surface area contributed by atoms with Crippen LogP contribution >= 0.6 is 0 Å². The predicted molar refractivity (Wildman–Crippen MR) is 367 cm³/mol. The summed E-state index contributed by atoms with van der Waals surface area (Å²) in [6, 6.07) is 125. The molecule has 0 aliphatic carbocycles. The Labute approximate surface area is 505 Å². The molecular formula is C82H62N4. The maximum absolute atomic E-state index is 2.32. The maximum atomic E-state index is 2.32. The summed E-state index contributed by atoms with van der Waals surface area (Å²) in [4.78, 5) is 9.27. The molecule has 0 aliphatic heterocycles. The largest absolute Gasteiger partial charge is 0.311 e. The second kappa shape index (κ2) is 25.8. The summed E-state index contributed by atoms with van der Waals surface area (Å²) in [5, 5.41) is 0. The quantitative estimate of drug-likeness (QED) is 0.0794. The van der Waals surface area contributed by atoms with Crippen molar-refractivity contribution in [2.75, 3.05) is 19.6 Å². The van der Waals surface area contributed by atoms with Gasteiger partial charge in [0.1, 0.15) is 0 Å². The van der Waals surface area contributed by atoms with Gasteiger partial charge in [-0.1, -0.05) is 231 Å². The van der Waals surface area contributed by atoms with Gasteiger partial charge in [0.2, 0.25) is 0 Å². The zero-order valence-electron chi connectivity index (χ0n) is 47.6. The van der Waals surface area contributed by atoms with Crippen LogP contribution in [0, 0.1) is 0 Å². The molecule has 13 rings (SSSR count). The van der Waals surface area contributed by atoms with Crippen LogP contribution in [0.5, 0.6) is 0 Å². The maximum Gasteiger partial charge on any atom is 0.0463 e. The van der Waals surface area contributed by atoms with Gasteiger partial charge in [0, 0.05) is 68.2 Å². The molecule has 0 atom stereocenters. The summed E-state index contributed by atoms with van der Waals surface area (Å²) in [6.45, 7) is 0. The van der Waals surface area contributed by atoms with E-state index in [-0.39, 0.29) is 0 Å². The highest BCUT2D eigenvalue weighted by Crippen LogP contribution is 2.42. The Kier molecular flexibility index (Phi) is 16.1. The van der Waals surface area contributed by atoms with Crippen LogP contribution in [0.4, 0.5) is 68.2 Å². The lowest BCUT2D eigenvalue weighted by atomic mass is 10.0. The highest BCUT2D eigenvalue weighted by atomic mass is 15.2. The lowest BCUT2D eigenvalue weighted by Gasteiger charge is -2.28. The SMILES string of the molecule is C(=C/c1ccc(N(c2ccccc2)c2ccc(-c3ccc(N(c4ccccc4)c4ccc(N(c5ccccc5)c5ccc(-c6ccc(N(c7ccccc7)c7ccc(/C=C\c8ccccc8)cc7)cc6)cc5)cc4)cc3)cc2)cc1)/c1ccccc1. The molecule has 86 heavy (non-hydrogen) atoms. The molecule has 13 aromatic carbocycles. The normalized spacial score (nSPS) is 11.2. The fraction of sp³-hybridized carbons (Fsp3) is 0. The minimum atomic E-state index is 1.06. The van der Waals surface area contributed by atoms with Crippen LogP contribution < -0.4 is 19.6 Å². The number of hydrogen-bond acceptors (Lipinski definition) is 4. The van der Waals surface area contributed by atoms with Crippen LogP contribution in [0.15, 0.2) is 352 Å². The Morgan fingerprint density at radius 3 is 0.465 bits per heavy atom. The summed E-state index contributed by atoms with van der Waals surface area (Å²) in [5.74, 6) is 0. The van der Waals surface area contributed by atoms with E-state index in [1.54, 1.807) is 0 Å². The van der Waals surface area contributed by atoms with E-state index in [4.69, 9.17) is 0 Å². The van der Waals surface area contributed by atoms with E-state index in [0.717, 1.165) is 102 Å². The van der Waals surface area contributed by atoms with Crippen LogP contribution in [-0.4, -0.2) is 0 Å². The molecule has 0 aliphatic rings. The fourth-order valence-corrected chi connectivity index (χ4v) is 11.0. The van der Waals surface area contributed by atoms with Crippen LogP contribution in [0.3, 0.4) is 0 Å². The topological polar surface area (TPSA) is 13.0 Å². The summed E-state index contributed by atoms with van der Waals surface area (Å²) in [6.07, 6.45) is 8.63. The van der Waals surface area contributed by atoms with E-state index in [2.05, 4.69) is 384 Å². The van der Waals surface area contributed by atoms with Crippen molar-refractivity contribution in [1.82, 2.24) is 0 Å². The average Bonchev–Trinajstić information content (AvgIpc) is 2.57. The molecule has 4 heteroatoms. The molecule has 0 saturated heterocycles.